The molecule has 5 atom stereocenters. The summed E-state index contributed by atoms with van der Waals surface area (Å²) in [5.74, 6) is -2.35. The highest BCUT2D eigenvalue weighted by Crippen LogP contribution is 2.50. The van der Waals surface area contributed by atoms with E-state index in [1.54, 1.807) is 44.2 Å². The second-order valence-corrected chi connectivity index (χ2v) is 11.8. The van der Waals surface area contributed by atoms with Crippen LogP contribution in [0.1, 0.15) is 25.5 Å². The Balaban J connectivity index is 1.50. The van der Waals surface area contributed by atoms with Crippen molar-refractivity contribution in [2.75, 3.05) is 20.2 Å². The molecule has 3 fully saturated rings. The Morgan fingerprint density at radius 1 is 1.19 bits per heavy atom. The van der Waals surface area contributed by atoms with E-state index in [1.165, 1.54) is 16.7 Å². The quantitative estimate of drug-likeness (QED) is 0.405. The molecular weight excluding hydrogens is 514 g/mol. The van der Waals surface area contributed by atoms with E-state index in [0.717, 1.165) is 16.3 Å². The molecule has 6 amide bonds. The van der Waals surface area contributed by atoms with E-state index in [2.05, 4.69) is 14.8 Å². The number of hydrogen-bond acceptors (Lipinski definition) is 8. The number of carbonyl (C=O) groups is 5. The summed E-state index contributed by atoms with van der Waals surface area (Å²) in [5.41, 5.74) is 0.402. The zero-order valence-corrected chi connectivity index (χ0v) is 21.2. The highest BCUT2D eigenvalue weighted by atomic mass is 32.2. The molecule has 15 heteroatoms. The fourth-order valence-electron chi connectivity index (χ4n) is 4.46. The Kier molecular flexibility index (Phi) is 6.99. The van der Waals surface area contributed by atoms with Crippen molar-refractivity contribution in [3.05, 3.63) is 35.9 Å². The van der Waals surface area contributed by atoms with E-state index in [0.29, 0.717) is 5.56 Å². The standard InChI is InChI=1S/C21H25N5O8S2/c1-21(2)14(18(29)30)26-16(28)13(17(26)35-21)22-15(27)12(11-7-5-4-6-8-11)23-19(31)24-9-10-25(20(24)32)36(33)34-3/h4-8,12-14,17H,9-10H2,1-3H3,(H,22,27)(H,23,31)(H,29,30)/t12-,13-,14+,17-,36?/m1/s1. The smallest absolute Gasteiger partial charge is 0.341 e. The molecule has 13 nitrogen and oxygen atoms in total. The van der Waals surface area contributed by atoms with Crippen LogP contribution >= 0.6 is 11.8 Å². The van der Waals surface area contributed by atoms with Crippen LogP contribution in [0, 0.1) is 0 Å². The van der Waals surface area contributed by atoms with Gasteiger partial charge in [0.1, 0.15) is 23.5 Å². The van der Waals surface area contributed by atoms with Gasteiger partial charge in [0.2, 0.25) is 11.8 Å². The predicted molar refractivity (Wildman–Crippen MR) is 127 cm³/mol. The number of urea groups is 2. The average Bonchev–Trinajstić information content (AvgIpc) is 3.35. The van der Waals surface area contributed by atoms with Gasteiger partial charge in [0, 0.05) is 4.75 Å². The number of fused-ring (bicyclic) bond motifs is 1. The third kappa shape index (κ3) is 4.41. The summed E-state index contributed by atoms with van der Waals surface area (Å²) in [5, 5.41) is 14.2. The van der Waals surface area contributed by atoms with E-state index >= 15 is 0 Å². The zero-order chi connectivity index (χ0) is 26.4. The molecule has 0 radical (unpaired) electrons. The number of imide groups is 1. The van der Waals surface area contributed by atoms with Gasteiger partial charge in [-0.15, -0.1) is 11.8 Å². The fraction of sp³-hybridized carbons (Fsp3) is 0.476. The van der Waals surface area contributed by atoms with Crippen LogP contribution in [0.15, 0.2) is 30.3 Å². The summed E-state index contributed by atoms with van der Waals surface area (Å²) in [6, 6.07) is 3.27. The fourth-order valence-corrected chi connectivity index (χ4v) is 6.72. The maximum Gasteiger partial charge on any atom is 0.341 e. The lowest BCUT2D eigenvalue weighted by atomic mass is 9.95. The maximum absolute atomic E-state index is 13.3. The molecule has 0 saturated carbocycles. The predicted octanol–water partition coefficient (Wildman–Crippen LogP) is 0.0317. The van der Waals surface area contributed by atoms with Crippen molar-refractivity contribution in [1.29, 1.82) is 0 Å². The number of amides is 6. The van der Waals surface area contributed by atoms with Crippen LogP contribution in [-0.2, 0) is 29.8 Å². The number of carbonyl (C=O) groups excluding carboxylic acids is 4. The second-order valence-electron chi connectivity index (χ2n) is 8.80. The number of rotatable bonds is 7. The van der Waals surface area contributed by atoms with Crippen LogP contribution in [0.4, 0.5) is 9.59 Å². The van der Waals surface area contributed by atoms with Crippen LogP contribution in [-0.4, -0.2) is 95.7 Å². The highest BCUT2D eigenvalue weighted by molar-refractivity contribution is 8.01. The summed E-state index contributed by atoms with van der Waals surface area (Å²) >= 11 is -0.773. The Labute approximate surface area is 213 Å². The van der Waals surface area contributed by atoms with Crippen molar-refractivity contribution < 1.29 is 37.5 Å². The topological polar surface area (TPSA) is 166 Å². The zero-order valence-electron chi connectivity index (χ0n) is 19.6. The molecule has 0 spiro atoms. The summed E-state index contributed by atoms with van der Waals surface area (Å²) in [7, 11) is 1.16. The Morgan fingerprint density at radius 2 is 1.86 bits per heavy atom. The van der Waals surface area contributed by atoms with Gasteiger partial charge in [-0.2, -0.15) is 0 Å². The van der Waals surface area contributed by atoms with Crippen molar-refractivity contribution in [3.8, 4) is 0 Å². The first-order valence-electron chi connectivity index (χ1n) is 10.9. The normalized spacial score (nSPS) is 26.2. The number of hydrogen-bond donors (Lipinski definition) is 3. The number of nitrogens with zero attached hydrogens (tertiary/aromatic N) is 3. The third-order valence-electron chi connectivity index (χ3n) is 6.17. The molecular formula is C21H25N5O8S2. The van der Waals surface area contributed by atoms with Gasteiger partial charge in [0.15, 0.2) is 0 Å². The van der Waals surface area contributed by atoms with Gasteiger partial charge in [0.05, 0.1) is 20.2 Å². The van der Waals surface area contributed by atoms with Crippen molar-refractivity contribution in [2.24, 2.45) is 0 Å². The van der Waals surface area contributed by atoms with Gasteiger partial charge in [-0.25, -0.2) is 27.8 Å². The molecule has 194 valence electrons. The van der Waals surface area contributed by atoms with Gasteiger partial charge < -0.3 is 20.6 Å². The van der Waals surface area contributed by atoms with Crippen LogP contribution in [0.25, 0.3) is 0 Å². The number of carboxylic acids is 1. The van der Waals surface area contributed by atoms with Crippen molar-refractivity contribution in [1.82, 2.24) is 24.7 Å². The average molecular weight is 540 g/mol. The monoisotopic (exact) mass is 539 g/mol. The first-order chi connectivity index (χ1) is 17.0. The molecule has 3 aliphatic rings. The Hall–Kier alpha value is -3.17. The number of thioether (sulfide) groups is 1. The minimum absolute atomic E-state index is 0.0131. The molecule has 3 aliphatic heterocycles. The molecule has 0 aromatic heterocycles. The summed E-state index contributed by atoms with van der Waals surface area (Å²) in [4.78, 5) is 65.3. The Morgan fingerprint density at radius 3 is 2.47 bits per heavy atom. The maximum atomic E-state index is 13.3. The molecule has 3 heterocycles. The molecule has 1 aromatic rings. The number of carboxylic acid groups (broad SMARTS) is 1. The molecule has 0 aliphatic carbocycles. The third-order valence-corrected chi connectivity index (χ3v) is 8.73. The molecule has 0 bridgehead atoms. The highest BCUT2D eigenvalue weighted by Gasteiger charge is 2.64. The Bertz CT molecular complexity index is 1130. The minimum Gasteiger partial charge on any atom is -0.480 e. The van der Waals surface area contributed by atoms with Gasteiger partial charge in [-0.05, 0) is 19.4 Å². The van der Waals surface area contributed by atoms with Crippen LogP contribution in [0.3, 0.4) is 0 Å². The van der Waals surface area contributed by atoms with Gasteiger partial charge in [0.25, 0.3) is 11.3 Å². The van der Waals surface area contributed by atoms with E-state index in [4.69, 9.17) is 0 Å². The SMILES string of the molecule is COS(=O)N1CCN(C(=O)N[C@@H](C(=O)N[C@@H]2C(=O)N3[C@@H]2SC(C)(C)[C@@H]3C(=O)O)c2ccccc2)C1=O. The lowest BCUT2D eigenvalue weighted by Gasteiger charge is -2.44. The lowest BCUT2D eigenvalue weighted by molar-refractivity contribution is -0.161. The number of β-lactam (4-membered cyclic amide) rings is 1. The lowest BCUT2D eigenvalue weighted by Crippen LogP contribution is -2.71. The van der Waals surface area contributed by atoms with E-state index in [1.807, 2.05) is 0 Å². The van der Waals surface area contributed by atoms with Crippen molar-refractivity contribution >= 4 is 52.9 Å². The summed E-state index contributed by atoms with van der Waals surface area (Å²) in [6.45, 7) is 3.37. The van der Waals surface area contributed by atoms with Gasteiger partial charge in [-0.3, -0.25) is 13.8 Å². The molecule has 4 rings (SSSR count). The van der Waals surface area contributed by atoms with Crippen LogP contribution in [0.2, 0.25) is 0 Å². The molecule has 1 aromatic carbocycles. The summed E-state index contributed by atoms with van der Waals surface area (Å²) in [6.07, 6.45) is 0. The van der Waals surface area contributed by atoms with Crippen LogP contribution < -0.4 is 10.6 Å². The number of benzene rings is 1. The largest absolute Gasteiger partial charge is 0.480 e. The molecule has 1 unspecified atom stereocenters. The van der Waals surface area contributed by atoms with Crippen LogP contribution in [0.5, 0.6) is 0 Å². The molecule has 3 saturated heterocycles. The first kappa shape index (κ1) is 25.9. The van der Waals surface area contributed by atoms with Crippen molar-refractivity contribution in [2.45, 2.75) is 42.1 Å². The van der Waals surface area contributed by atoms with Gasteiger partial charge >= 0.3 is 18.0 Å². The summed E-state index contributed by atoms with van der Waals surface area (Å²) < 4.78 is 16.6. The van der Waals surface area contributed by atoms with E-state index in [-0.39, 0.29) is 13.1 Å². The van der Waals surface area contributed by atoms with E-state index in [9.17, 15) is 33.3 Å². The second kappa shape index (κ2) is 9.71. The minimum atomic E-state index is -2.05. The van der Waals surface area contributed by atoms with Crippen molar-refractivity contribution in [3.63, 3.8) is 0 Å². The number of nitrogens with one attached hydrogen (secondary N) is 2. The number of aliphatic carboxylic acids is 1. The molecule has 36 heavy (non-hydrogen) atoms. The van der Waals surface area contributed by atoms with E-state index < -0.39 is 69.4 Å². The first-order valence-corrected chi connectivity index (χ1v) is 12.8. The van der Waals surface area contributed by atoms with Gasteiger partial charge in [-0.1, -0.05) is 30.3 Å². The molecule has 3 N–H and O–H groups in total.